The molecule has 0 radical (unpaired) electrons. The number of benzene rings is 1. The lowest BCUT2D eigenvalue weighted by molar-refractivity contribution is -0.123. The summed E-state index contributed by atoms with van der Waals surface area (Å²) >= 11 is 0. The molecule has 1 aromatic rings. The van der Waals surface area contributed by atoms with Crippen LogP contribution in [0, 0.1) is 13.8 Å². The summed E-state index contributed by atoms with van der Waals surface area (Å²) in [5.74, 6) is 0.849. The third-order valence-electron chi connectivity index (χ3n) is 3.82. The highest BCUT2D eigenvalue weighted by Crippen LogP contribution is 2.32. The van der Waals surface area contributed by atoms with Crippen molar-refractivity contribution in [3.05, 3.63) is 28.8 Å². The number of nitrogens with two attached hydrogens (primary N) is 1. The Labute approximate surface area is 114 Å². The summed E-state index contributed by atoms with van der Waals surface area (Å²) < 4.78 is 5.38. The van der Waals surface area contributed by atoms with Crippen LogP contribution >= 0.6 is 0 Å². The summed E-state index contributed by atoms with van der Waals surface area (Å²) in [5.41, 5.74) is 8.81. The predicted molar refractivity (Wildman–Crippen MR) is 75.3 cm³/mol. The van der Waals surface area contributed by atoms with Crippen molar-refractivity contribution >= 4 is 5.91 Å². The molecule has 3 N–H and O–H groups in total. The second-order valence-corrected chi connectivity index (χ2v) is 5.41. The van der Waals surface area contributed by atoms with Gasteiger partial charge >= 0.3 is 0 Å². The molecule has 0 unspecified atom stereocenters. The molecule has 4 heteroatoms. The highest BCUT2D eigenvalue weighted by atomic mass is 16.5. The molecule has 1 amide bonds. The molecule has 1 aromatic carbocycles. The van der Waals surface area contributed by atoms with E-state index in [-0.39, 0.29) is 5.91 Å². The molecule has 1 fully saturated rings. The normalized spacial score (nSPS) is 16.0. The number of ether oxygens (including phenoxy) is 1. The second-order valence-electron chi connectivity index (χ2n) is 5.41. The third kappa shape index (κ3) is 3.07. The molecular formula is C15H22N2O2. The standard InChI is InChI=1S/C15H22N2O2/c1-10-8-12(13(19-3)9-11(10)2)4-7-17-14(18)15(16)5-6-15/h8-9H,4-7,16H2,1-3H3,(H,17,18). The molecule has 104 valence electrons. The van der Waals surface area contributed by atoms with Crippen LogP contribution in [0.2, 0.25) is 0 Å². The minimum atomic E-state index is -0.590. The molecule has 0 bridgehead atoms. The Hall–Kier alpha value is -1.55. The molecule has 1 aliphatic rings. The minimum absolute atomic E-state index is 0.0321. The Kier molecular flexibility index (Phi) is 3.80. The lowest BCUT2D eigenvalue weighted by Gasteiger charge is -2.13. The molecule has 1 aliphatic carbocycles. The van der Waals surface area contributed by atoms with E-state index in [4.69, 9.17) is 10.5 Å². The van der Waals surface area contributed by atoms with E-state index in [9.17, 15) is 4.79 Å². The van der Waals surface area contributed by atoms with Gasteiger partial charge in [0.1, 0.15) is 5.75 Å². The molecule has 2 rings (SSSR count). The first-order valence-electron chi connectivity index (χ1n) is 6.67. The van der Waals surface area contributed by atoms with Crippen LogP contribution < -0.4 is 15.8 Å². The van der Waals surface area contributed by atoms with Crippen molar-refractivity contribution < 1.29 is 9.53 Å². The van der Waals surface area contributed by atoms with Gasteiger partial charge in [-0.05, 0) is 55.9 Å². The van der Waals surface area contributed by atoms with E-state index in [2.05, 4.69) is 25.2 Å². The number of methoxy groups -OCH3 is 1. The Bertz CT molecular complexity index is 493. The number of hydrogen-bond acceptors (Lipinski definition) is 3. The topological polar surface area (TPSA) is 64.3 Å². The van der Waals surface area contributed by atoms with Gasteiger partial charge in [0.25, 0.3) is 0 Å². The fraction of sp³-hybridized carbons (Fsp3) is 0.533. The van der Waals surface area contributed by atoms with Crippen LogP contribution in [0.4, 0.5) is 0 Å². The van der Waals surface area contributed by atoms with Crippen LogP contribution in [0.1, 0.15) is 29.5 Å². The average Bonchev–Trinajstić information content (AvgIpc) is 3.12. The lowest BCUT2D eigenvalue weighted by Crippen LogP contribution is -2.43. The Morgan fingerprint density at radius 2 is 2.00 bits per heavy atom. The molecule has 0 saturated heterocycles. The maximum atomic E-state index is 11.7. The molecule has 0 atom stereocenters. The van der Waals surface area contributed by atoms with Gasteiger partial charge in [-0.3, -0.25) is 4.79 Å². The van der Waals surface area contributed by atoms with Gasteiger partial charge in [0.05, 0.1) is 12.6 Å². The maximum Gasteiger partial charge on any atom is 0.240 e. The first kappa shape index (κ1) is 13.9. The molecular weight excluding hydrogens is 240 g/mol. The maximum absolute atomic E-state index is 11.7. The largest absolute Gasteiger partial charge is 0.496 e. The quantitative estimate of drug-likeness (QED) is 0.844. The van der Waals surface area contributed by atoms with Crippen molar-refractivity contribution in [2.75, 3.05) is 13.7 Å². The van der Waals surface area contributed by atoms with Crippen molar-refractivity contribution in [1.82, 2.24) is 5.32 Å². The zero-order chi connectivity index (χ0) is 14.0. The van der Waals surface area contributed by atoms with Gasteiger partial charge in [-0.25, -0.2) is 0 Å². The molecule has 4 nitrogen and oxygen atoms in total. The average molecular weight is 262 g/mol. The van der Waals surface area contributed by atoms with E-state index in [0.717, 1.165) is 30.6 Å². The van der Waals surface area contributed by atoms with Crippen molar-refractivity contribution in [2.45, 2.75) is 38.6 Å². The highest BCUT2D eigenvalue weighted by Gasteiger charge is 2.45. The highest BCUT2D eigenvalue weighted by molar-refractivity contribution is 5.88. The first-order chi connectivity index (χ1) is 8.96. The number of aryl methyl sites for hydroxylation is 2. The Morgan fingerprint density at radius 3 is 2.58 bits per heavy atom. The number of rotatable bonds is 5. The molecule has 19 heavy (non-hydrogen) atoms. The van der Waals surface area contributed by atoms with E-state index in [1.165, 1.54) is 11.1 Å². The Morgan fingerprint density at radius 1 is 1.37 bits per heavy atom. The predicted octanol–water partition coefficient (Wildman–Crippen LogP) is 1.46. The van der Waals surface area contributed by atoms with Crippen LogP contribution in [-0.4, -0.2) is 25.1 Å². The summed E-state index contributed by atoms with van der Waals surface area (Å²) in [6.45, 7) is 4.74. The van der Waals surface area contributed by atoms with Crippen LogP contribution in [-0.2, 0) is 11.2 Å². The number of amides is 1. The molecule has 0 spiro atoms. The van der Waals surface area contributed by atoms with E-state index in [1.807, 2.05) is 6.07 Å². The summed E-state index contributed by atoms with van der Waals surface area (Å²) in [4.78, 5) is 11.7. The smallest absolute Gasteiger partial charge is 0.240 e. The van der Waals surface area contributed by atoms with Gasteiger partial charge in [-0.2, -0.15) is 0 Å². The summed E-state index contributed by atoms with van der Waals surface area (Å²) in [7, 11) is 1.67. The second kappa shape index (κ2) is 5.21. The van der Waals surface area contributed by atoms with Gasteiger partial charge in [0.2, 0.25) is 5.91 Å². The van der Waals surface area contributed by atoms with E-state index >= 15 is 0 Å². The number of hydrogen-bond donors (Lipinski definition) is 2. The molecule has 0 aromatic heterocycles. The van der Waals surface area contributed by atoms with Crippen LogP contribution in [0.5, 0.6) is 5.75 Å². The fourth-order valence-corrected chi connectivity index (χ4v) is 2.08. The molecule has 0 aliphatic heterocycles. The lowest BCUT2D eigenvalue weighted by atomic mass is 10.0. The minimum Gasteiger partial charge on any atom is -0.496 e. The van der Waals surface area contributed by atoms with Crippen LogP contribution in [0.15, 0.2) is 12.1 Å². The third-order valence-corrected chi connectivity index (χ3v) is 3.82. The van der Waals surface area contributed by atoms with Crippen LogP contribution in [0.3, 0.4) is 0 Å². The summed E-state index contributed by atoms with van der Waals surface area (Å²) in [5, 5.41) is 2.90. The van der Waals surface area contributed by atoms with E-state index < -0.39 is 5.54 Å². The van der Waals surface area contributed by atoms with Gasteiger partial charge in [-0.15, -0.1) is 0 Å². The van der Waals surface area contributed by atoms with Gasteiger partial charge in [0.15, 0.2) is 0 Å². The van der Waals surface area contributed by atoms with Gasteiger partial charge in [-0.1, -0.05) is 6.07 Å². The van der Waals surface area contributed by atoms with Gasteiger partial charge < -0.3 is 15.8 Å². The van der Waals surface area contributed by atoms with E-state index in [0.29, 0.717) is 6.54 Å². The van der Waals surface area contributed by atoms with Crippen LogP contribution in [0.25, 0.3) is 0 Å². The zero-order valence-corrected chi connectivity index (χ0v) is 11.9. The number of nitrogens with one attached hydrogen (secondary N) is 1. The van der Waals surface area contributed by atoms with Crippen molar-refractivity contribution in [2.24, 2.45) is 5.73 Å². The zero-order valence-electron chi connectivity index (χ0n) is 11.9. The number of carbonyl (C=O) groups excluding carboxylic acids is 1. The molecule has 0 heterocycles. The number of carbonyl (C=O) groups is 1. The van der Waals surface area contributed by atoms with Crippen molar-refractivity contribution in [1.29, 1.82) is 0 Å². The SMILES string of the molecule is COc1cc(C)c(C)cc1CCNC(=O)C1(N)CC1. The van der Waals surface area contributed by atoms with Gasteiger partial charge in [0, 0.05) is 6.54 Å². The van der Waals surface area contributed by atoms with E-state index in [1.54, 1.807) is 7.11 Å². The summed E-state index contributed by atoms with van der Waals surface area (Å²) in [6.07, 6.45) is 2.35. The molecule has 1 saturated carbocycles. The van der Waals surface area contributed by atoms with Crippen molar-refractivity contribution in [3.8, 4) is 5.75 Å². The van der Waals surface area contributed by atoms with Crippen molar-refractivity contribution in [3.63, 3.8) is 0 Å². The Balaban J connectivity index is 1.95. The monoisotopic (exact) mass is 262 g/mol. The fourth-order valence-electron chi connectivity index (χ4n) is 2.08. The first-order valence-corrected chi connectivity index (χ1v) is 6.67. The summed E-state index contributed by atoms with van der Waals surface area (Å²) in [6, 6.07) is 4.16.